The number of methoxy groups -OCH3 is 1. The maximum Gasteiger partial charge on any atom is 0.154 e. The summed E-state index contributed by atoms with van der Waals surface area (Å²) >= 11 is 0. The van der Waals surface area contributed by atoms with Gasteiger partial charge in [-0.3, -0.25) is 4.90 Å². The van der Waals surface area contributed by atoms with Crippen LogP contribution >= 0.6 is 0 Å². The van der Waals surface area contributed by atoms with Crippen LogP contribution in [0, 0.1) is 6.92 Å². The Bertz CT molecular complexity index is 579. The highest BCUT2D eigenvalue weighted by atomic mass is 16.5. The lowest BCUT2D eigenvalue weighted by atomic mass is 10.1. The number of hydrogen-bond acceptors (Lipinski definition) is 4. The summed E-state index contributed by atoms with van der Waals surface area (Å²) in [5.74, 6) is 1.93. The summed E-state index contributed by atoms with van der Waals surface area (Å²) < 4.78 is 10.9. The second-order valence-electron chi connectivity index (χ2n) is 5.31. The summed E-state index contributed by atoms with van der Waals surface area (Å²) in [7, 11) is 1.72. The molecule has 2 aromatic rings. The molecule has 1 aromatic carbocycles. The summed E-state index contributed by atoms with van der Waals surface area (Å²) in [6, 6.07) is 10.6. The molecule has 1 saturated heterocycles. The molecule has 0 unspecified atom stereocenters. The van der Waals surface area contributed by atoms with Gasteiger partial charge in [0.1, 0.15) is 5.75 Å². The Balaban J connectivity index is 1.79. The quantitative estimate of drug-likeness (QED) is 0.855. The van der Waals surface area contributed by atoms with E-state index in [1.54, 1.807) is 7.11 Å². The summed E-state index contributed by atoms with van der Waals surface area (Å²) in [5.41, 5.74) is 2.17. The molecular formula is C16H20N2O2. The van der Waals surface area contributed by atoms with Gasteiger partial charge in [-0.2, -0.15) is 0 Å². The largest absolute Gasteiger partial charge is 0.496 e. The molecule has 2 heterocycles. The van der Waals surface area contributed by atoms with Crippen LogP contribution in [0.25, 0.3) is 0 Å². The average molecular weight is 272 g/mol. The van der Waals surface area contributed by atoms with E-state index in [4.69, 9.17) is 9.26 Å². The second-order valence-corrected chi connectivity index (χ2v) is 5.31. The molecule has 20 heavy (non-hydrogen) atoms. The van der Waals surface area contributed by atoms with Gasteiger partial charge in [-0.25, -0.2) is 0 Å². The first-order chi connectivity index (χ1) is 9.78. The third kappa shape index (κ3) is 2.56. The van der Waals surface area contributed by atoms with Gasteiger partial charge in [0.05, 0.1) is 18.8 Å². The molecule has 4 heteroatoms. The third-order valence-corrected chi connectivity index (χ3v) is 3.90. The SMILES string of the molecule is COc1ccccc1CN1CCC[C@@H]1c1cc(C)no1. The van der Waals surface area contributed by atoms with E-state index < -0.39 is 0 Å². The smallest absolute Gasteiger partial charge is 0.154 e. The molecular weight excluding hydrogens is 252 g/mol. The van der Waals surface area contributed by atoms with Gasteiger partial charge in [-0.15, -0.1) is 0 Å². The van der Waals surface area contributed by atoms with E-state index in [1.807, 2.05) is 25.1 Å². The van der Waals surface area contributed by atoms with Crippen molar-refractivity contribution in [3.63, 3.8) is 0 Å². The number of ether oxygens (including phenoxy) is 1. The van der Waals surface area contributed by atoms with Crippen molar-refractivity contribution in [2.75, 3.05) is 13.7 Å². The number of hydrogen-bond donors (Lipinski definition) is 0. The van der Waals surface area contributed by atoms with Crippen LogP contribution in [-0.4, -0.2) is 23.7 Å². The molecule has 0 spiro atoms. The van der Waals surface area contributed by atoms with Crippen molar-refractivity contribution in [2.24, 2.45) is 0 Å². The number of para-hydroxylation sites is 1. The Morgan fingerprint density at radius 3 is 3.00 bits per heavy atom. The molecule has 3 rings (SSSR count). The maximum atomic E-state index is 5.45. The summed E-state index contributed by atoms with van der Waals surface area (Å²) in [6.07, 6.45) is 2.32. The van der Waals surface area contributed by atoms with Gasteiger partial charge >= 0.3 is 0 Å². The number of likely N-dealkylation sites (tertiary alicyclic amines) is 1. The average Bonchev–Trinajstić information content (AvgIpc) is 3.08. The molecule has 4 nitrogen and oxygen atoms in total. The van der Waals surface area contributed by atoms with Crippen molar-refractivity contribution >= 4 is 0 Å². The first-order valence-corrected chi connectivity index (χ1v) is 7.07. The maximum absolute atomic E-state index is 5.45. The summed E-state index contributed by atoms with van der Waals surface area (Å²) in [5, 5.41) is 4.01. The number of benzene rings is 1. The van der Waals surface area contributed by atoms with Gasteiger partial charge in [0.25, 0.3) is 0 Å². The van der Waals surface area contributed by atoms with Gasteiger partial charge in [0, 0.05) is 18.2 Å². The fourth-order valence-electron chi connectivity index (χ4n) is 2.93. The zero-order chi connectivity index (χ0) is 13.9. The van der Waals surface area contributed by atoms with E-state index in [-0.39, 0.29) is 0 Å². The first-order valence-electron chi connectivity index (χ1n) is 7.07. The molecule has 1 aliphatic heterocycles. The van der Waals surface area contributed by atoms with Crippen LogP contribution in [0.5, 0.6) is 5.75 Å². The molecule has 0 radical (unpaired) electrons. The molecule has 0 amide bonds. The highest BCUT2D eigenvalue weighted by Crippen LogP contribution is 2.34. The van der Waals surface area contributed by atoms with Crippen LogP contribution < -0.4 is 4.74 Å². The zero-order valence-corrected chi connectivity index (χ0v) is 12.0. The lowest BCUT2D eigenvalue weighted by Crippen LogP contribution is -2.22. The minimum Gasteiger partial charge on any atom is -0.496 e. The molecule has 1 aliphatic rings. The second kappa shape index (κ2) is 5.67. The highest BCUT2D eigenvalue weighted by Gasteiger charge is 2.29. The van der Waals surface area contributed by atoms with E-state index in [1.165, 1.54) is 12.0 Å². The van der Waals surface area contributed by atoms with Crippen LogP contribution in [0.15, 0.2) is 34.9 Å². The molecule has 1 aromatic heterocycles. The lowest BCUT2D eigenvalue weighted by Gasteiger charge is -2.23. The Morgan fingerprint density at radius 1 is 1.40 bits per heavy atom. The minimum absolute atomic E-state index is 0.334. The van der Waals surface area contributed by atoms with Crippen molar-refractivity contribution in [1.82, 2.24) is 10.1 Å². The predicted octanol–water partition coefficient (Wildman–Crippen LogP) is 3.33. The number of aryl methyl sites for hydroxylation is 1. The van der Waals surface area contributed by atoms with Crippen molar-refractivity contribution in [1.29, 1.82) is 0 Å². The standard InChI is InChI=1S/C16H20N2O2/c1-12-10-16(20-17-12)14-7-5-9-18(14)11-13-6-3-4-8-15(13)19-2/h3-4,6,8,10,14H,5,7,9,11H2,1-2H3/t14-/m1/s1. The molecule has 1 fully saturated rings. The Kier molecular flexibility index (Phi) is 3.74. The number of aromatic nitrogens is 1. The van der Waals surface area contributed by atoms with E-state index >= 15 is 0 Å². The van der Waals surface area contributed by atoms with Crippen molar-refractivity contribution < 1.29 is 9.26 Å². The highest BCUT2D eigenvalue weighted by molar-refractivity contribution is 5.33. The van der Waals surface area contributed by atoms with Gasteiger partial charge in [-0.1, -0.05) is 23.4 Å². The molecule has 0 N–H and O–H groups in total. The van der Waals surface area contributed by atoms with Crippen molar-refractivity contribution in [3.8, 4) is 5.75 Å². The van der Waals surface area contributed by atoms with Gasteiger partial charge < -0.3 is 9.26 Å². The van der Waals surface area contributed by atoms with E-state index in [0.717, 1.165) is 36.7 Å². The Morgan fingerprint density at radius 2 is 2.25 bits per heavy atom. The Labute approximate surface area is 119 Å². The third-order valence-electron chi connectivity index (χ3n) is 3.90. The van der Waals surface area contributed by atoms with E-state index in [2.05, 4.69) is 22.2 Å². The van der Waals surface area contributed by atoms with Crippen LogP contribution in [-0.2, 0) is 6.54 Å². The molecule has 0 aliphatic carbocycles. The van der Waals surface area contributed by atoms with Gasteiger partial charge in [0.2, 0.25) is 0 Å². The van der Waals surface area contributed by atoms with Crippen LogP contribution in [0.1, 0.15) is 35.9 Å². The van der Waals surface area contributed by atoms with E-state index in [9.17, 15) is 0 Å². The van der Waals surface area contributed by atoms with Gasteiger partial charge in [0.15, 0.2) is 5.76 Å². The fourth-order valence-corrected chi connectivity index (χ4v) is 2.93. The molecule has 0 saturated carbocycles. The normalized spacial score (nSPS) is 19.4. The number of rotatable bonds is 4. The van der Waals surface area contributed by atoms with Crippen LogP contribution in [0.4, 0.5) is 0 Å². The van der Waals surface area contributed by atoms with Crippen LogP contribution in [0.2, 0.25) is 0 Å². The van der Waals surface area contributed by atoms with Gasteiger partial charge in [-0.05, 0) is 32.4 Å². The molecule has 106 valence electrons. The summed E-state index contributed by atoms with van der Waals surface area (Å²) in [4.78, 5) is 2.44. The van der Waals surface area contributed by atoms with Crippen LogP contribution in [0.3, 0.4) is 0 Å². The minimum atomic E-state index is 0.334. The van der Waals surface area contributed by atoms with Crippen molar-refractivity contribution in [2.45, 2.75) is 32.4 Å². The molecule has 1 atom stereocenters. The first kappa shape index (κ1) is 13.2. The Hall–Kier alpha value is -1.81. The topological polar surface area (TPSA) is 38.5 Å². The van der Waals surface area contributed by atoms with E-state index in [0.29, 0.717) is 6.04 Å². The monoisotopic (exact) mass is 272 g/mol. The summed E-state index contributed by atoms with van der Waals surface area (Å²) in [6.45, 7) is 3.93. The fraction of sp³-hybridized carbons (Fsp3) is 0.438. The lowest BCUT2D eigenvalue weighted by molar-refractivity contribution is 0.204. The number of nitrogens with zero attached hydrogens (tertiary/aromatic N) is 2. The zero-order valence-electron chi connectivity index (χ0n) is 12.0. The molecule has 0 bridgehead atoms. The van der Waals surface area contributed by atoms with Crippen molar-refractivity contribution in [3.05, 3.63) is 47.3 Å². The predicted molar refractivity (Wildman–Crippen MR) is 76.6 cm³/mol.